The van der Waals surface area contributed by atoms with E-state index in [9.17, 15) is 0 Å². The first-order chi connectivity index (χ1) is 18.9. The maximum atomic E-state index is 4.90. The minimum Gasteiger partial charge on any atom is -0.235 e. The number of thiophene rings is 1. The van der Waals surface area contributed by atoms with Crippen LogP contribution in [0, 0.1) is 17.8 Å². The van der Waals surface area contributed by atoms with Crippen LogP contribution in [0.5, 0.6) is 0 Å². The molecule has 210 valence electrons. The van der Waals surface area contributed by atoms with Gasteiger partial charge in [0.05, 0.1) is 24.0 Å². The first-order valence-electron chi connectivity index (χ1n) is 15.1. The summed E-state index contributed by atoms with van der Waals surface area (Å²) in [4.78, 5) is 9.74. The maximum Gasteiger partial charge on any atom is 0.116 e. The summed E-state index contributed by atoms with van der Waals surface area (Å²) >= 11 is 1.89. The molecule has 5 aromatic rings. The van der Waals surface area contributed by atoms with Gasteiger partial charge in [-0.3, -0.25) is 0 Å². The Labute approximate surface area is 246 Å². The molecule has 2 aromatic heterocycles. The van der Waals surface area contributed by atoms with Crippen LogP contribution >= 0.6 is 11.3 Å². The number of fused-ring (bicyclic) bond motifs is 4. The van der Waals surface area contributed by atoms with Crippen LogP contribution in [-0.4, -0.2) is 18.0 Å². The molecule has 40 heavy (non-hydrogen) atoms. The molecule has 2 nitrogen and oxygen atoms in total. The van der Waals surface area contributed by atoms with Crippen LogP contribution in [-0.2, 0) is 5.41 Å². The van der Waals surface area contributed by atoms with Gasteiger partial charge in [-0.1, -0.05) is 122 Å². The Kier molecular flexibility index (Phi) is 7.98. The fourth-order valence-electron chi connectivity index (χ4n) is 7.13. The molecule has 4 heteroatoms. The Balaban J connectivity index is 1.72. The van der Waals surface area contributed by atoms with Crippen molar-refractivity contribution in [2.75, 3.05) is 0 Å². The molecule has 3 aromatic carbocycles. The normalized spacial score (nSPS) is 13.1. The summed E-state index contributed by atoms with van der Waals surface area (Å²) in [7, 11) is -1.69. The lowest BCUT2D eigenvalue weighted by atomic mass is 9.82. The monoisotopic (exact) mass is 566 g/mol. The van der Waals surface area contributed by atoms with Gasteiger partial charge in [-0.2, -0.15) is 0 Å². The summed E-state index contributed by atoms with van der Waals surface area (Å²) in [5.41, 5.74) is 4.73. The van der Waals surface area contributed by atoms with Crippen molar-refractivity contribution in [2.24, 2.45) is 17.8 Å². The van der Waals surface area contributed by atoms with Gasteiger partial charge in [0.2, 0.25) is 0 Å². The molecule has 0 aliphatic rings. The average Bonchev–Trinajstić information content (AvgIpc) is 3.24. The number of hydrogen-bond donors (Lipinski definition) is 0. The SMILES string of the molecule is CC(C)C[Si](CC(C)C)(CC(C)C)c1ccc2c(c1)sc1c(-c3cc(C(C)(C)C)c4ccccc4c3)ncnc12. The van der Waals surface area contributed by atoms with E-state index in [-0.39, 0.29) is 5.41 Å². The molecule has 5 rings (SSSR count). The first kappa shape index (κ1) is 28.9. The predicted molar refractivity (Wildman–Crippen MR) is 181 cm³/mol. The lowest BCUT2D eigenvalue weighted by molar-refractivity contribution is 0.596. The van der Waals surface area contributed by atoms with E-state index in [2.05, 4.69) is 117 Å². The Hall–Kier alpha value is -2.56. The van der Waals surface area contributed by atoms with Gasteiger partial charge in [-0.15, -0.1) is 11.3 Å². The fraction of sp³-hybridized carbons (Fsp3) is 0.444. The molecule has 0 amide bonds. The molecule has 0 saturated carbocycles. The number of hydrogen-bond acceptors (Lipinski definition) is 3. The van der Waals surface area contributed by atoms with Gasteiger partial charge < -0.3 is 0 Å². The third kappa shape index (κ3) is 5.62. The van der Waals surface area contributed by atoms with Crippen molar-refractivity contribution >= 4 is 55.7 Å². The van der Waals surface area contributed by atoms with Crippen LogP contribution in [0.15, 0.2) is 60.9 Å². The van der Waals surface area contributed by atoms with E-state index in [1.807, 2.05) is 11.3 Å². The number of nitrogens with zero attached hydrogens (tertiary/aromatic N) is 2. The molecule has 0 N–H and O–H groups in total. The smallest absolute Gasteiger partial charge is 0.116 e. The highest BCUT2D eigenvalue weighted by Crippen LogP contribution is 2.41. The molecular weight excluding hydrogens is 521 g/mol. The van der Waals surface area contributed by atoms with E-state index in [4.69, 9.17) is 9.97 Å². The summed E-state index contributed by atoms with van der Waals surface area (Å²) in [5.74, 6) is 2.14. The third-order valence-electron chi connectivity index (χ3n) is 8.21. The van der Waals surface area contributed by atoms with E-state index in [0.29, 0.717) is 17.8 Å². The summed E-state index contributed by atoms with van der Waals surface area (Å²) < 4.78 is 2.56. The summed E-state index contributed by atoms with van der Waals surface area (Å²) in [6, 6.07) is 24.9. The maximum absolute atomic E-state index is 4.90. The number of benzene rings is 3. The van der Waals surface area contributed by atoms with Gasteiger partial charge in [0.25, 0.3) is 0 Å². The largest absolute Gasteiger partial charge is 0.235 e. The van der Waals surface area contributed by atoms with Crippen molar-refractivity contribution in [3.05, 3.63) is 66.5 Å². The molecule has 0 atom stereocenters. The molecular formula is C36H46N2SSi. The molecule has 0 saturated heterocycles. The van der Waals surface area contributed by atoms with Gasteiger partial charge in [0.15, 0.2) is 0 Å². The van der Waals surface area contributed by atoms with Crippen LogP contribution in [0.4, 0.5) is 0 Å². The number of aromatic nitrogens is 2. The Morgan fingerprint density at radius 2 is 1.40 bits per heavy atom. The van der Waals surface area contributed by atoms with Crippen molar-refractivity contribution in [3.63, 3.8) is 0 Å². The third-order valence-corrected chi connectivity index (χ3v) is 15.7. The summed E-state index contributed by atoms with van der Waals surface area (Å²) in [5, 5.41) is 5.50. The first-order valence-corrected chi connectivity index (χ1v) is 18.5. The highest BCUT2D eigenvalue weighted by Gasteiger charge is 2.37. The van der Waals surface area contributed by atoms with Gasteiger partial charge >= 0.3 is 0 Å². The van der Waals surface area contributed by atoms with Gasteiger partial charge in [-0.25, -0.2) is 9.97 Å². The standard InChI is InChI=1S/C36H46N2SSi/c1-23(2)19-40(20-24(3)4,21-25(5)6)28-14-15-30-32(18-28)39-35-33(37-22-38-34(30)35)27-16-26-12-10-11-13-29(26)31(17-27)36(7,8)9/h10-18,22-25H,19-21H2,1-9H3. The molecule has 0 bridgehead atoms. The molecule has 0 unspecified atom stereocenters. The highest BCUT2D eigenvalue weighted by molar-refractivity contribution is 7.26. The summed E-state index contributed by atoms with van der Waals surface area (Å²) in [6.07, 6.45) is 1.76. The summed E-state index contributed by atoms with van der Waals surface area (Å²) in [6.45, 7) is 21.4. The van der Waals surface area contributed by atoms with Crippen LogP contribution in [0.25, 0.3) is 42.3 Å². The average molecular weight is 567 g/mol. The molecule has 0 spiro atoms. The van der Waals surface area contributed by atoms with E-state index in [1.165, 1.54) is 54.8 Å². The molecule has 0 aliphatic heterocycles. The van der Waals surface area contributed by atoms with Crippen LogP contribution in [0.1, 0.15) is 67.9 Å². The molecule has 2 heterocycles. The topological polar surface area (TPSA) is 25.8 Å². The lowest BCUT2D eigenvalue weighted by Gasteiger charge is -2.37. The second kappa shape index (κ2) is 11.0. The molecule has 0 aliphatic carbocycles. The van der Waals surface area contributed by atoms with Crippen LogP contribution in [0.3, 0.4) is 0 Å². The zero-order valence-electron chi connectivity index (χ0n) is 25.9. The van der Waals surface area contributed by atoms with Gasteiger partial charge in [0.1, 0.15) is 6.33 Å². The van der Waals surface area contributed by atoms with Crippen LogP contribution < -0.4 is 5.19 Å². The van der Waals surface area contributed by atoms with E-state index in [0.717, 1.165) is 11.2 Å². The van der Waals surface area contributed by atoms with Crippen LogP contribution in [0.2, 0.25) is 18.1 Å². The van der Waals surface area contributed by atoms with Crippen molar-refractivity contribution in [1.29, 1.82) is 0 Å². The van der Waals surface area contributed by atoms with E-state index in [1.54, 1.807) is 11.5 Å². The highest BCUT2D eigenvalue weighted by atomic mass is 32.1. The number of rotatable bonds is 8. The second-order valence-electron chi connectivity index (χ2n) is 14.3. The van der Waals surface area contributed by atoms with Crippen molar-refractivity contribution < 1.29 is 0 Å². The second-order valence-corrected chi connectivity index (χ2v) is 19.7. The van der Waals surface area contributed by atoms with Crippen molar-refractivity contribution in [3.8, 4) is 11.3 Å². The molecule has 0 fully saturated rings. The zero-order chi connectivity index (χ0) is 28.8. The minimum atomic E-state index is -1.69. The fourth-order valence-corrected chi connectivity index (χ4v) is 15.2. The predicted octanol–water partition coefficient (Wildman–Crippen LogP) is 10.6. The minimum absolute atomic E-state index is 0.0357. The van der Waals surface area contributed by atoms with E-state index < -0.39 is 8.07 Å². The Morgan fingerprint density at radius 1 is 0.750 bits per heavy atom. The van der Waals surface area contributed by atoms with Crippen molar-refractivity contribution in [1.82, 2.24) is 9.97 Å². The lowest BCUT2D eigenvalue weighted by Crippen LogP contribution is -2.50. The zero-order valence-corrected chi connectivity index (χ0v) is 27.7. The molecule has 0 radical (unpaired) electrons. The Bertz CT molecular complexity index is 1630. The van der Waals surface area contributed by atoms with E-state index >= 15 is 0 Å². The quantitative estimate of drug-likeness (QED) is 0.175. The van der Waals surface area contributed by atoms with Gasteiger partial charge in [0, 0.05) is 15.6 Å². The Morgan fingerprint density at radius 3 is 2.02 bits per heavy atom. The van der Waals surface area contributed by atoms with Crippen molar-refractivity contribution in [2.45, 2.75) is 85.9 Å². The van der Waals surface area contributed by atoms with Gasteiger partial charge in [-0.05, 0) is 57.7 Å².